The first kappa shape index (κ1) is 26.8. The Hall–Kier alpha value is -4.40. The molecule has 2 aliphatic rings. The minimum absolute atomic E-state index is 0.127. The van der Waals surface area contributed by atoms with Crippen molar-refractivity contribution in [3.05, 3.63) is 65.7 Å². The van der Waals surface area contributed by atoms with E-state index in [1.807, 2.05) is 6.20 Å². The number of primary amides is 1. The normalized spacial score (nSPS) is 21.6. The van der Waals surface area contributed by atoms with Crippen LogP contribution in [0.2, 0.25) is 0 Å². The van der Waals surface area contributed by atoms with Crippen LogP contribution in [-0.4, -0.2) is 67.0 Å². The average Bonchev–Trinajstić information content (AvgIpc) is 3.62. The van der Waals surface area contributed by atoms with Crippen LogP contribution in [-0.2, 0) is 17.5 Å². The largest absolute Gasteiger partial charge is 0.488 e. The predicted octanol–water partition coefficient (Wildman–Crippen LogP) is 4.16. The summed E-state index contributed by atoms with van der Waals surface area (Å²) in [7, 11) is 0. The highest BCUT2D eigenvalue weighted by Gasteiger charge is 2.40. The van der Waals surface area contributed by atoms with Crippen LogP contribution in [0.5, 0.6) is 5.75 Å². The fourth-order valence-corrected chi connectivity index (χ4v) is 5.23. The van der Waals surface area contributed by atoms with Gasteiger partial charge >= 0.3 is 12.3 Å². The fourth-order valence-electron chi connectivity index (χ4n) is 5.23. The second-order valence-corrected chi connectivity index (χ2v) is 10.1. The minimum Gasteiger partial charge on any atom is -0.488 e. The number of hydrogen-bond acceptors (Lipinski definition) is 8. The molecule has 1 saturated heterocycles. The van der Waals surface area contributed by atoms with Crippen molar-refractivity contribution in [1.29, 1.82) is 0 Å². The number of nitrogens with zero attached hydrogens (tertiary/aromatic N) is 5. The van der Waals surface area contributed by atoms with Crippen molar-refractivity contribution in [2.45, 2.75) is 49.9 Å². The summed E-state index contributed by atoms with van der Waals surface area (Å²) < 4.78 is 65.5. The maximum atomic E-state index is 14.8. The second-order valence-electron chi connectivity index (χ2n) is 10.1. The Morgan fingerprint density at radius 2 is 1.95 bits per heavy atom. The Morgan fingerprint density at radius 3 is 2.68 bits per heavy atom. The van der Waals surface area contributed by atoms with E-state index >= 15 is 0 Å². The molecular weight excluding hydrogens is 548 g/mol. The molecule has 41 heavy (non-hydrogen) atoms. The van der Waals surface area contributed by atoms with Gasteiger partial charge in [-0.1, -0.05) is 0 Å². The number of carbonyl (C=O) groups excluding carboxylic acids is 1. The SMILES string of the molecule is NC(=O)O[C@@H]1CC[C@H](c2cc(Nc3nccc4nc(CN5CC(Oc6ccc(C(F)(F)F)cc6)C5)cn34)n[nH]2)[C@H]1F. The molecule has 0 unspecified atom stereocenters. The highest BCUT2D eigenvalue weighted by Crippen LogP contribution is 2.38. The van der Waals surface area contributed by atoms with Crippen LogP contribution in [0.15, 0.2) is 48.8 Å². The van der Waals surface area contributed by atoms with E-state index in [0.717, 1.165) is 17.8 Å². The highest BCUT2D eigenvalue weighted by molar-refractivity contribution is 5.65. The Morgan fingerprint density at radius 1 is 1.17 bits per heavy atom. The van der Waals surface area contributed by atoms with Gasteiger partial charge in [-0.15, -0.1) is 0 Å². The molecular formula is C26H26F4N8O3. The molecule has 2 fully saturated rings. The van der Waals surface area contributed by atoms with Crippen LogP contribution in [0.25, 0.3) is 5.65 Å². The van der Waals surface area contributed by atoms with Gasteiger partial charge in [-0.25, -0.2) is 19.2 Å². The van der Waals surface area contributed by atoms with Crippen molar-refractivity contribution in [3.63, 3.8) is 0 Å². The third-order valence-corrected chi connectivity index (χ3v) is 7.23. The molecule has 216 valence electrons. The number of imidazole rings is 1. The zero-order chi connectivity index (χ0) is 28.7. The standard InChI is InChI=1S/C26H26F4N8O3/c27-23-18(5-6-20(23)41-24(31)39)19-9-21(36-35-19)34-25-32-8-7-22-33-15(11-38(22)25)10-37-12-17(13-37)40-16-3-1-14(2-4-16)26(28,29)30/h1-4,7-9,11,17-18,20,23H,5-6,10,12-13H2,(H2,31,39)(H2,32,34,35,36)/t18-,20-,23-/m1/s1. The van der Waals surface area contributed by atoms with Gasteiger partial charge in [0, 0.05) is 49.7 Å². The quantitative estimate of drug-likeness (QED) is 0.267. The Kier molecular flexibility index (Phi) is 6.89. The smallest absolute Gasteiger partial charge is 0.416 e. The van der Waals surface area contributed by atoms with E-state index in [1.165, 1.54) is 12.1 Å². The number of aromatic amines is 1. The number of likely N-dealkylation sites (tertiary alicyclic amines) is 1. The van der Waals surface area contributed by atoms with Gasteiger partial charge in [0.25, 0.3) is 0 Å². The molecule has 4 N–H and O–H groups in total. The number of amides is 1. The summed E-state index contributed by atoms with van der Waals surface area (Å²) in [6, 6.07) is 8.14. The topological polar surface area (TPSA) is 136 Å². The van der Waals surface area contributed by atoms with Crippen molar-refractivity contribution >= 4 is 23.5 Å². The third kappa shape index (κ3) is 5.75. The average molecular weight is 575 g/mol. The molecule has 0 spiro atoms. The van der Waals surface area contributed by atoms with Gasteiger partial charge in [0.05, 0.1) is 11.3 Å². The summed E-state index contributed by atoms with van der Waals surface area (Å²) in [6.45, 7) is 1.77. The number of hydrogen-bond donors (Lipinski definition) is 3. The molecule has 1 aliphatic heterocycles. The first-order valence-electron chi connectivity index (χ1n) is 12.9. The fraction of sp³-hybridized carbons (Fsp3) is 0.385. The number of benzene rings is 1. The zero-order valence-electron chi connectivity index (χ0n) is 21.5. The number of H-pyrrole nitrogens is 1. The molecule has 1 aromatic carbocycles. The van der Waals surface area contributed by atoms with Crippen molar-refractivity contribution in [1.82, 2.24) is 29.5 Å². The molecule has 11 nitrogen and oxygen atoms in total. The number of ether oxygens (including phenoxy) is 2. The molecule has 1 saturated carbocycles. The molecule has 4 heterocycles. The number of alkyl halides is 4. The molecule has 0 bridgehead atoms. The lowest BCUT2D eigenvalue weighted by Crippen LogP contribution is -2.53. The van der Waals surface area contributed by atoms with Gasteiger partial charge in [0.2, 0.25) is 5.95 Å². The van der Waals surface area contributed by atoms with E-state index in [4.69, 9.17) is 15.2 Å². The Balaban J connectivity index is 1.05. The Labute approximate surface area is 230 Å². The number of anilines is 2. The van der Waals surface area contributed by atoms with Crippen LogP contribution >= 0.6 is 0 Å². The Bertz CT molecular complexity index is 1530. The van der Waals surface area contributed by atoms with Crippen LogP contribution in [0.4, 0.5) is 34.1 Å². The monoisotopic (exact) mass is 574 g/mol. The number of nitrogens with two attached hydrogens (primary N) is 1. The van der Waals surface area contributed by atoms with Crippen LogP contribution in [0.3, 0.4) is 0 Å². The number of rotatable bonds is 8. The van der Waals surface area contributed by atoms with Gasteiger partial charge in [0.15, 0.2) is 5.82 Å². The lowest BCUT2D eigenvalue weighted by Gasteiger charge is -2.38. The molecule has 3 atom stereocenters. The zero-order valence-corrected chi connectivity index (χ0v) is 21.5. The number of halogens is 4. The van der Waals surface area contributed by atoms with E-state index in [9.17, 15) is 22.4 Å². The third-order valence-electron chi connectivity index (χ3n) is 7.23. The summed E-state index contributed by atoms with van der Waals surface area (Å²) in [5.41, 5.74) is 6.35. The van der Waals surface area contributed by atoms with Crippen molar-refractivity contribution in [2.75, 3.05) is 18.4 Å². The van der Waals surface area contributed by atoms with E-state index < -0.39 is 36.0 Å². The van der Waals surface area contributed by atoms with Crippen molar-refractivity contribution in [3.8, 4) is 5.75 Å². The van der Waals surface area contributed by atoms with Gasteiger partial charge in [0.1, 0.15) is 29.8 Å². The molecule has 0 radical (unpaired) electrons. The predicted molar refractivity (Wildman–Crippen MR) is 137 cm³/mol. The van der Waals surface area contributed by atoms with E-state index in [2.05, 4.69) is 30.4 Å². The number of aromatic nitrogens is 5. The second kappa shape index (κ2) is 10.5. The lowest BCUT2D eigenvalue weighted by molar-refractivity contribution is -0.137. The van der Waals surface area contributed by atoms with Gasteiger partial charge in [-0.2, -0.15) is 18.3 Å². The minimum atomic E-state index is -4.38. The summed E-state index contributed by atoms with van der Waals surface area (Å²) in [5.74, 6) is 0.791. The van der Waals surface area contributed by atoms with Gasteiger partial charge < -0.3 is 20.5 Å². The van der Waals surface area contributed by atoms with Crippen molar-refractivity contribution < 1.29 is 31.8 Å². The first-order valence-corrected chi connectivity index (χ1v) is 12.9. The first-order chi connectivity index (χ1) is 19.6. The summed E-state index contributed by atoms with van der Waals surface area (Å²) >= 11 is 0. The maximum absolute atomic E-state index is 14.8. The number of carbonyl (C=O) groups is 1. The molecule has 3 aromatic heterocycles. The molecule has 1 amide bonds. The molecule has 15 heteroatoms. The highest BCUT2D eigenvalue weighted by atomic mass is 19.4. The summed E-state index contributed by atoms with van der Waals surface area (Å²) in [4.78, 5) is 22.2. The van der Waals surface area contributed by atoms with Gasteiger partial charge in [-0.05, 0) is 43.2 Å². The van der Waals surface area contributed by atoms with E-state index in [1.54, 1.807) is 22.7 Å². The summed E-state index contributed by atoms with van der Waals surface area (Å²) in [6.07, 6.45) is -3.47. The van der Waals surface area contributed by atoms with Crippen molar-refractivity contribution in [2.24, 2.45) is 5.73 Å². The van der Waals surface area contributed by atoms with Crippen LogP contribution < -0.4 is 15.8 Å². The van der Waals surface area contributed by atoms with Crippen LogP contribution in [0.1, 0.15) is 35.7 Å². The molecule has 4 aromatic rings. The van der Waals surface area contributed by atoms with E-state index in [0.29, 0.717) is 61.3 Å². The summed E-state index contributed by atoms with van der Waals surface area (Å²) in [5, 5.41) is 10.2. The number of nitrogens with one attached hydrogen (secondary N) is 2. The molecule has 6 rings (SSSR count). The lowest BCUT2D eigenvalue weighted by atomic mass is 10.0. The van der Waals surface area contributed by atoms with Gasteiger partial charge in [-0.3, -0.25) is 14.4 Å². The number of fused-ring (bicyclic) bond motifs is 1. The molecule has 1 aliphatic carbocycles. The van der Waals surface area contributed by atoms with E-state index in [-0.39, 0.29) is 6.10 Å². The maximum Gasteiger partial charge on any atom is 0.416 e. The van der Waals surface area contributed by atoms with Crippen LogP contribution in [0, 0.1) is 0 Å².